The van der Waals surface area contributed by atoms with E-state index in [0.717, 1.165) is 29.8 Å². The Morgan fingerprint density at radius 1 is 1.37 bits per heavy atom. The average molecular weight is 253 g/mol. The van der Waals surface area contributed by atoms with Gasteiger partial charge in [0.1, 0.15) is 24.8 Å². The Labute approximate surface area is 109 Å². The van der Waals surface area contributed by atoms with Gasteiger partial charge in [0.25, 0.3) is 5.56 Å². The van der Waals surface area contributed by atoms with Crippen LogP contribution in [-0.2, 0) is 0 Å². The summed E-state index contributed by atoms with van der Waals surface area (Å²) < 4.78 is 5.60. The minimum atomic E-state index is -0.194. The standard InChI is InChI=1S/C13H12BN3O2/c14-7-1-2-9-8(3-7)10-11(19-9)13(18)17-12(16-10)6-4-15-5-6/h1-3,6,15H,4-5,14H2,(H,16,17,18). The molecule has 0 radical (unpaired) electrons. The number of benzene rings is 1. The minimum Gasteiger partial charge on any atom is -0.449 e. The maximum atomic E-state index is 12.1. The van der Waals surface area contributed by atoms with Crippen molar-refractivity contribution in [2.45, 2.75) is 5.92 Å². The number of nitrogens with one attached hydrogen (secondary N) is 2. The maximum Gasteiger partial charge on any atom is 0.294 e. The molecular formula is C13H12BN3O2. The van der Waals surface area contributed by atoms with E-state index in [2.05, 4.69) is 15.3 Å². The van der Waals surface area contributed by atoms with Crippen molar-refractivity contribution in [3.8, 4) is 0 Å². The van der Waals surface area contributed by atoms with Crippen LogP contribution in [0.1, 0.15) is 11.7 Å². The number of rotatable bonds is 1. The van der Waals surface area contributed by atoms with Gasteiger partial charge in [0.05, 0.1) is 0 Å². The molecule has 0 spiro atoms. The highest BCUT2D eigenvalue weighted by Crippen LogP contribution is 2.25. The molecule has 3 heterocycles. The SMILES string of the molecule is Bc1ccc2oc3c(=O)[nH]c(C4CNC4)nc3c2c1. The lowest BCUT2D eigenvalue weighted by atomic mass is 9.95. The van der Waals surface area contributed by atoms with Crippen molar-refractivity contribution in [2.75, 3.05) is 13.1 Å². The summed E-state index contributed by atoms with van der Waals surface area (Å²) in [5, 5.41) is 4.09. The third-order valence-corrected chi connectivity index (χ3v) is 3.67. The second-order valence-electron chi connectivity index (χ2n) is 5.09. The van der Waals surface area contributed by atoms with E-state index in [1.54, 1.807) is 0 Å². The van der Waals surface area contributed by atoms with Crippen LogP contribution >= 0.6 is 0 Å². The average Bonchev–Trinajstić information content (AvgIpc) is 2.66. The molecule has 1 aliphatic heterocycles. The van der Waals surface area contributed by atoms with Gasteiger partial charge in [-0.25, -0.2) is 4.98 Å². The normalized spacial score (nSPS) is 16.0. The number of aromatic nitrogens is 2. The molecule has 4 rings (SSSR count). The highest BCUT2D eigenvalue weighted by atomic mass is 16.3. The topological polar surface area (TPSA) is 70.9 Å². The largest absolute Gasteiger partial charge is 0.449 e. The monoisotopic (exact) mass is 253 g/mol. The Morgan fingerprint density at radius 2 is 2.21 bits per heavy atom. The van der Waals surface area contributed by atoms with Gasteiger partial charge < -0.3 is 14.7 Å². The molecule has 3 aromatic rings. The lowest BCUT2D eigenvalue weighted by Crippen LogP contribution is -2.41. The van der Waals surface area contributed by atoms with Crippen LogP contribution in [0.3, 0.4) is 0 Å². The summed E-state index contributed by atoms with van der Waals surface area (Å²) in [4.78, 5) is 19.5. The van der Waals surface area contributed by atoms with Gasteiger partial charge in [-0.3, -0.25) is 4.79 Å². The number of fused-ring (bicyclic) bond motifs is 3. The third kappa shape index (κ3) is 1.53. The molecule has 0 unspecified atom stereocenters. The van der Waals surface area contributed by atoms with Crippen molar-refractivity contribution in [1.82, 2.24) is 15.3 Å². The molecular weight excluding hydrogens is 241 g/mol. The predicted molar refractivity (Wildman–Crippen MR) is 75.9 cm³/mol. The zero-order valence-corrected chi connectivity index (χ0v) is 10.5. The molecule has 0 amide bonds. The molecule has 6 heteroatoms. The van der Waals surface area contributed by atoms with Crippen LogP contribution in [-0.4, -0.2) is 30.9 Å². The molecule has 5 nitrogen and oxygen atoms in total. The fourth-order valence-corrected chi connectivity index (χ4v) is 2.46. The molecule has 0 bridgehead atoms. The Morgan fingerprint density at radius 3 is 2.95 bits per heavy atom. The summed E-state index contributed by atoms with van der Waals surface area (Å²) in [6.07, 6.45) is 0. The number of hydrogen-bond acceptors (Lipinski definition) is 4. The van der Waals surface area contributed by atoms with Gasteiger partial charge in [0.2, 0.25) is 5.58 Å². The number of aromatic amines is 1. The van der Waals surface area contributed by atoms with Gasteiger partial charge in [0, 0.05) is 24.4 Å². The van der Waals surface area contributed by atoms with Gasteiger partial charge in [0.15, 0.2) is 0 Å². The molecule has 1 aliphatic rings. The highest BCUT2D eigenvalue weighted by molar-refractivity contribution is 6.33. The van der Waals surface area contributed by atoms with Crippen LogP contribution in [0.25, 0.3) is 22.1 Å². The predicted octanol–water partition coefficient (Wildman–Crippen LogP) is -0.386. The van der Waals surface area contributed by atoms with Crippen molar-refractivity contribution in [2.24, 2.45) is 0 Å². The van der Waals surface area contributed by atoms with Gasteiger partial charge in [-0.15, -0.1) is 0 Å². The van der Waals surface area contributed by atoms with Crippen LogP contribution in [0.15, 0.2) is 27.4 Å². The molecule has 19 heavy (non-hydrogen) atoms. The van der Waals surface area contributed by atoms with Crippen LogP contribution in [0.5, 0.6) is 0 Å². The second-order valence-corrected chi connectivity index (χ2v) is 5.09. The number of furan rings is 1. The molecule has 1 fully saturated rings. The molecule has 0 saturated carbocycles. The fraction of sp³-hybridized carbons (Fsp3) is 0.231. The summed E-state index contributed by atoms with van der Waals surface area (Å²) in [5.74, 6) is 1.05. The third-order valence-electron chi connectivity index (χ3n) is 3.67. The lowest BCUT2D eigenvalue weighted by molar-refractivity contribution is 0.430. The van der Waals surface area contributed by atoms with Crippen LogP contribution < -0.4 is 16.3 Å². The second kappa shape index (κ2) is 3.71. The van der Waals surface area contributed by atoms with Crippen molar-refractivity contribution >= 4 is 35.4 Å². The van der Waals surface area contributed by atoms with E-state index < -0.39 is 0 Å². The lowest BCUT2D eigenvalue weighted by Gasteiger charge is -2.25. The summed E-state index contributed by atoms with van der Waals surface area (Å²) in [5.41, 5.74) is 2.63. The Hall–Kier alpha value is -2.08. The molecule has 1 aromatic carbocycles. The summed E-state index contributed by atoms with van der Waals surface area (Å²) in [6, 6.07) is 5.86. The van der Waals surface area contributed by atoms with Crippen molar-refractivity contribution < 1.29 is 4.42 Å². The quantitative estimate of drug-likeness (QED) is 0.580. The van der Waals surface area contributed by atoms with E-state index in [0.29, 0.717) is 22.6 Å². The molecule has 2 N–H and O–H groups in total. The summed E-state index contributed by atoms with van der Waals surface area (Å²) >= 11 is 0. The summed E-state index contributed by atoms with van der Waals surface area (Å²) in [6.45, 7) is 1.73. The van der Waals surface area contributed by atoms with Crippen molar-refractivity contribution in [3.05, 3.63) is 34.4 Å². The van der Waals surface area contributed by atoms with Gasteiger partial charge in [-0.05, 0) is 6.07 Å². The Balaban J connectivity index is 2.08. The zero-order chi connectivity index (χ0) is 13.0. The molecule has 94 valence electrons. The van der Waals surface area contributed by atoms with Gasteiger partial charge >= 0.3 is 0 Å². The van der Waals surface area contributed by atoms with Crippen molar-refractivity contribution in [3.63, 3.8) is 0 Å². The molecule has 2 aromatic heterocycles. The molecule has 1 saturated heterocycles. The first-order chi connectivity index (χ1) is 9.22. The first kappa shape index (κ1) is 10.8. The zero-order valence-electron chi connectivity index (χ0n) is 10.5. The first-order valence-corrected chi connectivity index (χ1v) is 6.36. The minimum absolute atomic E-state index is 0.194. The van der Waals surface area contributed by atoms with E-state index >= 15 is 0 Å². The van der Waals surface area contributed by atoms with Crippen molar-refractivity contribution in [1.29, 1.82) is 0 Å². The first-order valence-electron chi connectivity index (χ1n) is 6.36. The Bertz CT molecular complexity index is 848. The highest BCUT2D eigenvalue weighted by Gasteiger charge is 2.23. The number of H-pyrrole nitrogens is 1. The van der Waals surface area contributed by atoms with Gasteiger partial charge in [-0.2, -0.15) is 0 Å². The van der Waals surface area contributed by atoms with Crippen LogP contribution in [0.4, 0.5) is 0 Å². The van der Waals surface area contributed by atoms with Gasteiger partial charge in [-0.1, -0.05) is 17.6 Å². The number of hydrogen-bond donors (Lipinski definition) is 2. The molecule has 0 aliphatic carbocycles. The fourth-order valence-electron chi connectivity index (χ4n) is 2.46. The van der Waals surface area contributed by atoms with E-state index in [-0.39, 0.29) is 5.56 Å². The summed E-state index contributed by atoms with van der Waals surface area (Å²) in [7, 11) is 2.02. The van der Waals surface area contributed by atoms with E-state index in [4.69, 9.17) is 4.42 Å². The Kier molecular flexibility index (Phi) is 2.11. The van der Waals surface area contributed by atoms with Crippen LogP contribution in [0, 0.1) is 0 Å². The smallest absolute Gasteiger partial charge is 0.294 e. The van der Waals surface area contributed by atoms with E-state index in [9.17, 15) is 4.79 Å². The molecule has 0 atom stereocenters. The maximum absolute atomic E-state index is 12.1. The van der Waals surface area contributed by atoms with E-state index in [1.807, 2.05) is 26.0 Å². The van der Waals surface area contributed by atoms with E-state index in [1.165, 1.54) is 0 Å². The number of nitrogens with zero attached hydrogens (tertiary/aromatic N) is 1. The van der Waals surface area contributed by atoms with Crippen LogP contribution in [0.2, 0.25) is 0 Å².